The highest BCUT2D eigenvalue weighted by Crippen LogP contribution is 2.37. The van der Waals surface area contributed by atoms with E-state index < -0.39 is 17.8 Å². The predicted molar refractivity (Wildman–Crippen MR) is 119 cm³/mol. The second-order valence-electron chi connectivity index (χ2n) is 8.80. The van der Waals surface area contributed by atoms with E-state index in [1.165, 1.54) is 12.1 Å². The Bertz CT molecular complexity index is 1050. The van der Waals surface area contributed by atoms with E-state index in [1.54, 1.807) is 6.07 Å². The normalized spacial score (nSPS) is 19.2. The van der Waals surface area contributed by atoms with E-state index in [4.69, 9.17) is 0 Å². The third-order valence-electron chi connectivity index (χ3n) is 6.76. The van der Waals surface area contributed by atoms with Gasteiger partial charge in [-0.05, 0) is 53.1 Å². The van der Waals surface area contributed by atoms with Crippen LogP contribution in [0.2, 0.25) is 0 Å². The summed E-state index contributed by atoms with van der Waals surface area (Å²) in [6.07, 6.45) is -0.171. The Kier molecular flexibility index (Phi) is 6.05. The second-order valence-corrected chi connectivity index (χ2v) is 8.80. The summed E-state index contributed by atoms with van der Waals surface area (Å²) in [5.41, 5.74) is 1.09. The summed E-state index contributed by atoms with van der Waals surface area (Å²) in [4.78, 5) is 4.52. The number of aromatic nitrogens is 4. The van der Waals surface area contributed by atoms with Gasteiger partial charge in [-0.1, -0.05) is 43.2 Å². The molecule has 1 saturated carbocycles. The Balaban J connectivity index is 1.48. The molecule has 9 heteroatoms. The summed E-state index contributed by atoms with van der Waals surface area (Å²) in [7, 11) is 0. The fraction of sp³-hybridized carbons (Fsp3) is 0.458. The zero-order valence-corrected chi connectivity index (χ0v) is 18.3. The van der Waals surface area contributed by atoms with Gasteiger partial charge in [0, 0.05) is 31.9 Å². The lowest BCUT2D eigenvalue weighted by Crippen LogP contribution is -2.48. The second kappa shape index (κ2) is 9.13. The van der Waals surface area contributed by atoms with Crippen molar-refractivity contribution in [3.63, 3.8) is 0 Å². The van der Waals surface area contributed by atoms with Crippen molar-refractivity contribution >= 4 is 5.69 Å². The van der Waals surface area contributed by atoms with E-state index in [0.717, 1.165) is 50.5 Å². The Labute approximate surface area is 191 Å². The highest BCUT2D eigenvalue weighted by atomic mass is 19.4. The quantitative estimate of drug-likeness (QED) is 0.556. The van der Waals surface area contributed by atoms with Gasteiger partial charge in [-0.3, -0.25) is 4.90 Å². The molecule has 0 spiro atoms. The molecule has 2 fully saturated rings. The lowest BCUT2D eigenvalue weighted by molar-refractivity contribution is -0.137. The van der Waals surface area contributed by atoms with Crippen LogP contribution in [0.5, 0.6) is 0 Å². The van der Waals surface area contributed by atoms with Crippen molar-refractivity contribution in [1.82, 2.24) is 25.1 Å². The maximum atomic E-state index is 13.5. The number of hydrogen-bond donors (Lipinski definition) is 0. The number of benzene rings is 2. The lowest BCUT2D eigenvalue weighted by atomic mass is 10.00. The van der Waals surface area contributed by atoms with E-state index >= 15 is 0 Å². The fourth-order valence-corrected chi connectivity index (χ4v) is 5.07. The maximum absolute atomic E-state index is 13.5. The molecule has 2 aliphatic rings. The molecule has 0 radical (unpaired) electrons. The molecule has 2 aromatic carbocycles. The van der Waals surface area contributed by atoms with E-state index in [9.17, 15) is 13.2 Å². The van der Waals surface area contributed by atoms with Crippen molar-refractivity contribution in [3.8, 4) is 0 Å². The van der Waals surface area contributed by atoms with Crippen LogP contribution < -0.4 is 4.90 Å². The van der Waals surface area contributed by atoms with E-state index in [1.807, 2.05) is 22.9 Å². The van der Waals surface area contributed by atoms with Gasteiger partial charge in [0.2, 0.25) is 0 Å². The standard InChI is InChI=1S/C24H27F3N6/c25-24(26,27)19-8-6-7-18(17-19)22(23-28-29-30-33(23)21-11-4-5-12-21)32-15-13-31(14-16-32)20-9-2-1-3-10-20/h1-3,6-10,17,21-22H,4-5,11-16H2/t22-/m1/s1. The summed E-state index contributed by atoms with van der Waals surface area (Å²) < 4.78 is 42.4. The van der Waals surface area contributed by atoms with Crippen LogP contribution in [-0.2, 0) is 6.18 Å². The van der Waals surface area contributed by atoms with Crippen molar-refractivity contribution in [2.45, 2.75) is 43.9 Å². The molecule has 5 rings (SSSR count). The van der Waals surface area contributed by atoms with Gasteiger partial charge in [-0.25, -0.2) is 4.68 Å². The van der Waals surface area contributed by atoms with Crippen LogP contribution in [0.1, 0.15) is 54.7 Å². The number of para-hydroxylation sites is 1. The highest BCUT2D eigenvalue weighted by Gasteiger charge is 2.36. The highest BCUT2D eigenvalue weighted by molar-refractivity contribution is 5.46. The van der Waals surface area contributed by atoms with E-state index in [2.05, 4.69) is 37.5 Å². The molecule has 3 aromatic rings. The summed E-state index contributed by atoms with van der Waals surface area (Å²) in [5.74, 6) is 0.634. The monoisotopic (exact) mass is 456 g/mol. The van der Waals surface area contributed by atoms with Gasteiger partial charge in [0.05, 0.1) is 17.6 Å². The Morgan fingerprint density at radius 3 is 2.30 bits per heavy atom. The number of piperazine rings is 1. The minimum atomic E-state index is -4.40. The number of hydrogen-bond acceptors (Lipinski definition) is 5. The molecule has 0 N–H and O–H groups in total. The average molecular weight is 457 g/mol. The van der Waals surface area contributed by atoms with Crippen LogP contribution in [0, 0.1) is 0 Å². The minimum Gasteiger partial charge on any atom is -0.369 e. The Morgan fingerprint density at radius 2 is 1.61 bits per heavy atom. The first-order chi connectivity index (χ1) is 16.0. The predicted octanol–water partition coefficient (Wildman–Crippen LogP) is 4.72. The van der Waals surface area contributed by atoms with Crippen LogP contribution in [0.3, 0.4) is 0 Å². The molecular formula is C24H27F3N6. The first kappa shape index (κ1) is 21.9. The third-order valence-corrected chi connectivity index (χ3v) is 6.76. The van der Waals surface area contributed by atoms with Crippen LogP contribution in [-0.4, -0.2) is 51.3 Å². The molecule has 33 heavy (non-hydrogen) atoms. The summed E-state index contributed by atoms with van der Waals surface area (Å²) in [5, 5.41) is 12.6. The average Bonchev–Trinajstić information content (AvgIpc) is 3.52. The van der Waals surface area contributed by atoms with Gasteiger partial charge in [0.25, 0.3) is 0 Å². The Hall–Kier alpha value is -2.94. The first-order valence-electron chi connectivity index (χ1n) is 11.5. The van der Waals surface area contributed by atoms with Crippen molar-refractivity contribution in [2.75, 3.05) is 31.1 Å². The molecule has 2 heterocycles. The molecular weight excluding hydrogens is 429 g/mol. The fourth-order valence-electron chi connectivity index (χ4n) is 5.07. The van der Waals surface area contributed by atoms with E-state index in [-0.39, 0.29) is 6.04 Å². The number of rotatable bonds is 5. The van der Waals surface area contributed by atoms with Crippen molar-refractivity contribution in [1.29, 1.82) is 0 Å². The molecule has 1 aliphatic carbocycles. The van der Waals surface area contributed by atoms with Crippen LogP contribution in [0.4, 0.5) is 18.9 Å². The number of alkyl halides is 3. The molecule has 0 unspecified atom stereocenters. The maximum Gasteiger partial charge on any atom is 0.416 e. The minimum absolute atomic E-state index is 0.203. The topological polar surface area (TPSA) is 50.1 Å². The molecule has 1 saturated heterocycles. The first-order valence-corrected chi connectivity index (χ1v) is 11.5. The molecule has 1 aliphatic heterocycles. The van der Waals surface area contributed by atoms with Crippen LogP contribution in [0.15, 0.2) is 54.6 Å². The number of tetrazole rings is 1. The molecule has 1 aromatic heterocycles. The van der Waals surface area contributed by atoms with Gasteiger partial charge in [0.1, 0.15) is 0 Å². The molecule has 0 amide bonds. The number of anilines is 1. The van der Waals surface area contributed by atoms with Crippen LogP contribution >= 0.6 is 0 Å². The largest absolute Gasteiger partial charge is 0.416 e. The van der Waals surface area contributed by atoms with Crippen molar-refractivity contribution < 1.29 is 13.2 Å². The van der Waals surface area contributed by atoms with Gasteiger partial charge < -0.3 is 4.90 Å². The number of nitrogens with zero attached hydrogens (tertiary/aromatic N) is 6. The molecule has 1 atom stereocenters. The summed E-state index contributed by atoms with van der Waals surface area (Å²) >= 11 is 0. The van der Waals surface area contributed by atoms with E-state index in [0.29, 0.717) is 24.5 Å². The zero-order chi connectivity index (χ0) is 22.8. The number of halogens is 3. The van der Waals surface area contributed by atoms with Gasteiger partial charge >= 0.3 is 6.18 Å². The van der Waals surface area contributed by atoms with Crippen LogP contribution in [0.25, 0.3) is 0 Å². The molecule has 0 bridgehead atoms. The molecule has 174 valence electrons. The molecule has 6 nitrogen and oxygen atoms in total. The van der Waals surface area contributed by atoms with Gasteiger partial charge in [-0.15, -0.1) is 5.10 Å². The van der Waals surface area contributed by atoms with Gasteiger partial charge in [0.15, 0.2) is 5.82 Å². The van der Waals surface area contributed by atoms with Crippen molar-refractivity contribution in [3.05, 3.63) is 71.5 Å². The summed E-state index contributed by atoms with van der Waals surface area (Å²) in [6.45, 7) is 2.97. The Morgan fingerprint density at radius 1 is 0.879 bits per heavy atom. The smallest absolute Gasteiger partial charge is 0.369 e. The SMILES string of the molecule is FC(F)(F)c1cccc([C@H](c2nnnn2C2CCCC2)N2CCN(c3ccccc3)CC2)c1. The summed E-state index contributed by atoms with van der Waals surface area (Å²) in [6, 6.07) is 15.6. The van der Waals surface area contributed by atoms with Gasteiger partial charge in [-0.2, -0.15) is 13.2 Å². The van der Waals surface area contributed by atoms with Crippen molar-refractivity contribution in [2.24, 2.45) is 0 Å². The third kappa shape index (κ3) is 4.59. The lowest BCUT2D eigenvalue weighted by Gasteiger charge is -2.40. The zero-order valence-electron chi connectivity index (χ0n) is 18.3.